The number of likely N-dealkylation sites (tertiary alicyclic amines) is 1. The molecule has 1 amide bonds. The van der Waals surface area contributed by atoms with Gasteiger partial charge in [0.2, 0.25) is 0 Å². The molecular formula is C16H24N2O3. The molecular weight excluding hydrogens is 268 g/mol. The first-order valence-corrected chi connectivity index (χ1v) is 7.43. The zero-order valence-electron chi connectivity index (χ0n) is 13.0. The fourth-order valence-corrected chi connectivity index (χ4v) is 2.83. The third-order valence-electron chi connectivity index (χ3n) is 4.06. The monoisotopic (exact) mass is 292 g/mol. The van der Waals surface area contributed by atoms with Gasteiger partial charge in [-0.15, -0.1) is 0 Å². The number of ether oxygens (including phenoxy) is 2. The highest BCUT2D eigenvalue weighted by atomic mass is 16.5. The molecule has 0 bridgehead atoms. The Balaban J connectivity index is 2.00. The van der Waals surface area contributed by atoms with Crippen LogP contribution in [-0.2, 0) is 0 Å². The van der Waals surface area contributed by atoms with Crippen LogP contribution in [0.4, 0.5) is 0 Å². The number of carbonyl (C=O) groups is 1. The molecule has 0 unspecified atom stereocenters. The maximum atomic E-state index is 12.3. The molecule has 2 rings (SSSR count). The number of nitrogens with zero attached hydrogens (tertiary/aromatic N) is 1. The molecule has 1 saturated heterocycles. The van der Waals surface area contributed by atoms with Gasteiger partial charge in [-0.3, -0.25) is 9.69 Å². The third-order valence-corrected chi connectivity index (χ3v) is 4.06. The molecule has 1 aliphatic rings. The van der Waals surface area contributed by atoms with E-state index in [2.05, 4.69) is 17.1 Å². The van der Waals surface area contributed by atoms with Crippen molar-refractivity contribution in [2.24, 2.45) is 0 Å². The Hall–Kier alpha value is -1.75. The fourth-order valence-electron chi connectivity index (χ4n) is 2.83. The molecule has 0 radical (unpaired) electrons. The third kappa shape index (κ3) is 3.67. The second-order valence-electron chi connectivity index (χ2n) is 5.20. The van der Waals surface area contributed by atoms with Crippen molar-refractivity contribution in [2.45, 2.75) is 25.8 Å². The normalized spacial score (nSPS) is 18.5. The molecule has 0 saturated carbocycles. The first-order chi connectivity index (χ1) is 10.2. The molecule has 1 aliphatic heterocycles. The van der Waals surface area contributed by atoms with Crippen LogP contribution >= 0.6 is 0 Å². The Morgan fingerprint density at radius 3 is 2.86 bits per heavy atom. The summed E-state index contributed by atoms with van der Waals surface area (Å²) in [6.45, 7) is 5.00. The van der Waals surface area contributed by atoms with E-state index in [1.807, 2.05) is 0 Å². The lowest BCUT2D eigenvalue weighted by molar-refractivity contribution is 0.0938. The van der Waals surface area contributed by atoms with Crippen molar-refractivity contribution in [2.75, 3.05) is 33.9 Å². The maximum Gasteiger partial charge on any atom is 0.255 e. The van der Waals surface area contributed by atoms with Gasteiger partial charge in [-0.1, -0.05) is 6.92 Å². The van der Waals surface area contributed by atoms with Gasteiger partial charge in [0.05, 0.1) is 19.8 Å². The van der Waals surface area contributed by atoms with E-state index >= 15 is 0 Å². The smallest absolute Gasteiger partial charge is 0.255 e. The van der Waals surface area contributed by atoms with Crippen molar-refractivity contribution in [1.82, 2.24) is 10.2 Å². The summed E-state index contributed by atoms with van der Waals surface area (Å²) in [4.78, 5) is 14.7. The number of rotatable bonds is 6. The number of carbonyl (C=O) groups excluding carboxylic acids is 1. The average molecular weight is 292 g/mol. The molecule has 0 spiro atoms. The summed E-state index contributed by atoms with van der Waals surface area (Å²) in [6, 6.07) is 5.68. The molecule has 1 N–H and O–H groups in total. The van der Waals surface area contributed by atoms with Crippen molar-refractivity contribution in [1.29, 1.82) is 0 Å². The molecule has 1 atom stereocenters. The highest BCUT2D eigenvalue weighted by Gasteiger charge is 2.23. The highest BCUT2D eigenvalue weighted by molar-refractivity contribution is 5.97. The summed E-state index contributed by atoms with van der Waals surface area (Å²) < 4.78 is 10.4. The van der Waals surface area contributed by atoms with Gasteiger partial charge in [-0.2, -0.15) is 0 Å². The number of hydrogen-bond acceptors (Lipinski definition) is 4. The molecule has 21 heavy (non-hydrogen) atoms. The van der Waals surface area contributed by atoms with Gasteiger partial charge in [-0.05, 0) is 38.1 Å². The molecule has 5 nitrogen and oxygen atoms in total. The second-order valence-corrected chi connectivity index (χ2v) is 5.20. The van der Waals surface area contributed by atoms with Gasteiger partial charge in [0, 0.05) is 18.7 Å². The first kappa shape index (κ1) is 15.6. The standard InChI is InChI=1S/C16H24N2O3/c1-4-18-9-5-6-12(18)11-17-16(19)14-8-7-13(20-2)10-15(14)21-3/h7-8,10,12H,4-6,9,11H2,1-3H3,(H,17,19)/t12-/m1/s1. The molecule has 1 heterocycles. The van der Waals surface area contributed by atoms with Gasteiger partial charge >= 0.3 is 0 Å². The van der Waals surface area contributed by atoms with Crippen LogP contribution in [0.5, 0.6) is 11.5 Å². The van der Waals surface area contributed by atoms with Gasteiger partial charge < -0.3 is 14.8 Å². The molecule has 1 aromatic rings. The van der Waals surface area contributed by atoms with Gasteiger partial charge in [0.25, 0.3) is 5.91 Å². The van der Waals surface area contributed by atoms with E-state index in [0.29, 0.717) is 29.6 Å². The minimum atomic E-state index is -0.0996. The van der Waals surface area contributed by atoms with Crippen LogP contribution in [0.2, 0.25) is 0 Å². The largest absolute Gasteiger partial charge is 0.497 e. The van der Waals surface area contributed by atoms with Crippen LogP contribution < -0.4 is 14.8 Å². The van der Waals surface area contributed by atoms with E-state index in [-0.39, 0.29) is 5.91 Å². The Labute approximate surface area is 126 Å². The van der Waals surface area contributed by atoms with E-state index < -0.39 is 0 Å². The number of likely N-dealkylation sites (N-methyl/N-ethyl adjacent to an activating group) is 1. The topological polar surface area (TPSA) is 50.8 Å². The predicted molar refractivity (Wildman–Crippen MR) is 82.1 cm³/mol. The van der Waals surface area contributed by atoms with Crippen LogP contribution in [0.3, 0.4) is 0 Å². The van der Waals surface area contributed by atoms with Crippen molar-refractivity contribution in [3.05, 3.63) is 23.8 Å². The van der Waals surface area contributed by atoms with Crippen molar-refractivity contribution in [3.63, 3.8) is 0 Å². The Bertz CT molecular complexity index is 490. The number of nitrogens with one attached hydrogen (secondary N) is 1. The summed E-state index contributed by atoms with van der Waals surface area (Å²) in [5.74, 6) is 1.11. The van der Waals surface area contributed by atoms with E-state index in [4.69, 9.17) is 9.47 Å². The molecule has 0 aromatic heterocycles. The molecule has 5 heteroatoms. The van der Waals surface area contributed by atoms with Crippen LogP contribution in [0.1, 0.15) is 30.1 Å². The summed E-state index contributed by atoms with van der Waals surface area (Å²) in [7, 11) is 3.15. The zero-order chi connectivity index (χ0) is 15.2. The van der Waals surface area contributed by atoms with Crippen LogP contribution in [-0.4, -0.2) is 50.7 Å². The van der Waals surface area contributed by atoms with Gasteiger partial charge in [0.1, 0.15) is 11.5 Å². The average Bonchev–Trinajstić information content (AvgIpc) is 2.99. The minimum absolute atomic E-state index is 0.0996. The van der Waals surface area contributed by atoms with Crippen molar-refractivity contribution < 1.29 is 14.3 Å². The lowest BCUT2D eigenvalue weighted by atomic mass is 10.1. The van der Waals surface area contributed by atoms with Crippen LogP contribution in [0.25, 0.3) is 0 Å². The summed E-state index contributed by atoms with van der Waals surface area (Å²) in [6.07, 6.45) is 2.36. The number of benzene rings is 1. The Kier molecular flexibility index (Phi) is 5.44. The lowest BCUT2D eigenvalue weighted by Gasteiger charge is -2.23. The minimum Gasteiger partial charge on any atom is -0.497 e. The van der Waals surface area contributed by atoms with E-state index in [1.54, 1.807) is 32.4 Å². The molecule has 116 valence electrons. The first-order valence-electron chi connectivity index (χ1n) is 7.43. The SMILES string of the molecule is CCN1CCC[C@@H]1CNC(=O)c1ccc(OC)cc1OC. The van der Waals surface area contributed by atoms with E-state index in [0.717, 1.165) is 19.5 Å². The summed E-state index contributed by atoms with van der Waals surface area (Å²) in [5.41, 5.74) is 0.541. The molecule has 1 aromatic carbocycles. The number of methoxy groups -OCH3 is 2. The fraction of sp³-hybridized carbons (Fsp3) is 0.562. The van der Waals surface area contributed by atoms with Gasteiger partial charge in [-0.25, -0.2) is 0 Å². The van der Waals surface area contributed by atoms with Crippen LogP contribution in [0, 0.1) is 0 Å². The Morgan fingerprint density at radius 1 is 1.38 bits per heavy atom. The molecule has 0 aliphatic carbocycles. The lowest BCUT2D eigenvalue weighted by Crippen LogP contribution is -2.40. The van der Waals surface area contributed by atoms with Crippen molar-refractivity contribution >= 4 is 5.91 Å². The van der Waals surface area contributed by atoms with E-state index in [9.17, 15) is 4.79 Å². The summed E-state index contributed by atoms with van der Waals surface area (Å²) in [5, 5.41) is 3.02. The molecule has 1 fully saturated rings. The summed E-state index contributed by atoms with van der Waals surface area (Å²) >= 11 is 0. The highest BCUT2D eigenvalue weighted by Crippen LogP contribution is 2.24. The Morgan fingerprint density at radius 2 is 2.19 bits per heavy atom. The van der Waals surface area contributed by atoms with Gasteiger partial charge in [0.15, 0.2) is 0 Å². The second kappa shape index (κ2) is 7.31. The van der Waals surface area contributed by atoms with E-state index in [1.165, 1.54) is 6.42 Å². The quantitative estimate of drug-likeness (QED) is 0.870. The maximum absolute atomic E-state index is 12.3. The zero-order valence-corrected chi connectivity index (χ0v) is 13.0. The van der Waals surface area contributed by atoms with Crippen molar-refractivity contribution in [3.8, 4) is 11.5 Å². The predicted octanol–water partition coefficient (Wildman–Crippen LogP) is 1.92. The van der Waals surface area contributed by atoms with Crippen LogP contribution in [0.15, 0.2) is 18.2 Å². The number of amides is 1. The number of hydrogen-bond donors (Lipinski definition) is 1.